The van der Waals surface area contributed by atoms with E-state index in [4.69, 9.17) is 27.9 Å². The molecule has 0 saturated heterocycles. The Morgan fingerprint density at radius 2 is 1.86 bits per heavy atom. The van der Waals surface area contributed by atoms with Crippen LogP contribution in [0.3, 0.4) is 0 Å². The van der Waals surface area contributed by atoms with Crippen LogP contribution < -0.4 is 4.90 Å². The maximum absolute atomic E-state index is 12.3. The zero-order valence-corrected chi connectivity index (χ0v) is 12.8. The third-order valence-corrected chi connectivity index (χ3v) is 3.26. The normalized spacial score (nSPS) is 10.2. The average Bonchev–Trinajstić information content (AvgIpc) is 2.49. The molecule has 0 aliphatic heterocycles. The van der Waals surface area contributed by atoms with Crippen molar-refractivity contribution in [3.05, 3.63) is 65.5 Å². The van der Waals surface area contributed by atoms with Crippen LogP contribution in [-0.2, 0) is 4.74 Å². The van der Waals surface area contributed by atoms with Gasteiger partial charge in [-0.25, -0.2) is 9.69 Å². The van der Waals surface area contributed by atoms with Gasteiger partial charge in [-0.05, 0) is 43.7 Å². The molecule has 21 heavy (non-hydrogen) atoms. The first kappa shape index (κ1) is 15.7. The van der Waals surface area contributed by atoms with Crippen molar-refractivity contribution < 1.29 is 9.53 Å². The molecule has 0 spiro atoms. The lowest BCUT2D eigenvalue weighted by Crippen LogP contribution is -2.27. The number of halogens is 2. The topological polar surface area (TPSA) is 29.5 Å². The third kappa shape index (κ3) is 3.90. The molecule has 0 heterocycles. The molecule has 5 heteroatoms. The summed E-state index contributed by atoms with van der Waals surface area (Å²) in [5, 5.41) is 0.876. The minimum absolute atomic E-state index is 0.243. The van der Waals surface area contributed by atoms with Crippen LogP contribution in [0.15, 0.2) is 48.5 Å². The fourth-order valence-corrected chi connectivity index (χ4v) is 2.30. The van der Waals surface area contributed by atoms with Gasteiger partial charge >= 0.3 is 6.09 Å². The maximum Gasteiger partial charge on any atom is 0.418 e. The highest BCUT2D eigenvalue weighted by atomic mass is 35.5. The second kappa shape index (κ2) is 7.34. The second-order valence-corrected chi connectivity index (χ2v) is 5.08. The molecule has 2 aromatic rings. The quantitative estimate of drug-likeness (QED) is 0.744. The summed E-state index contributed by atoms with van der Waals surface area (Å²) in [6.45, 7) is 3.90. The smallest absolute Gasteiger partial charge is 0.418 e. The molecular formula is C16H14Cl2NO2. The first-order valence-electron chi connectivity index (χ1n) is 6.39. The summed E-state index contributed by atoms with van der Waals surface area (Å²) in [5.74, 6) is 0. The lowest BCUT2D eigenvalue weighted by Gasteiger charge is -2.23. The Morgan fingerprint density at radius 3 is 2.48 bits per heavy atom. The number of rotatable bonds is 4. The molecule has 0 aliphatic carbocycles. The Bertz CT molecular complexity index is 617. The highest BCUT2D eigenvalue weighted by Crippen LogP contribution is 2.34. The van der Waals surface area contributed by atoms with Crippen LogP contribution in [0, 0.1) is 6.92 Å². The van der Waals surface area contributed by atoms with Crippen LogP contribution in [0.25, 0.3) is 0 Å². The summed E-state index contributed by atoms with van der Waals surface area (Å²) >= 11 is 12.1. The lowest BCUT2D eigenvalue weighted by atomic mass is 10.2. The van der Waals surface area contributed by atoms with Crippen molar-refractivity contribution in [3.8, 4) is 0 Å². The van der Waals surface area contributed by atoms with Crippen molar-refractivity contribution >= 4 is 40.7 Å². The first-order chi connectivity index (χ1) is 10.1. The number of anilines is 2. The van der Waals surface area contributed by atoms with E-state index in [2.05, 4.69) is 6.92 Å². The van der Waals surface area contributed by atoms with Gasteiger partial charge in [0, 0.05) is 5.02 Å². The van der Waals surface area contributed by atoms with E-state index in [9.17, 15) is 4.79 Å². The van der Waals surface area contributed by atoms with Crippen molar-refractivity contribution in [2.45, 2.75) is 6.42 Å². The molecule has 0 fully saturated rings. The number of carbonyl (C=O) groups is 1. The fraction of sp³-hybridized carbons (Fsp3) is 0.125. The van der Waals surface area contributed by atoms with Crippen LogP contribution in [0.1, 0.15) is 6.42 Å². The lowest BCUT2D eigenvalue weighted by molar-refractivity contribution is 0.158. The minimum Gasteiger partial charge on any atom is -0.449 e. The van der Waals surface area contributed by atoms with Crippen molar-refractivity contribution in [1.29, 1.82) is 0 Å². The summed E-state index contributed by atoms with van der Waals surface area (Å²) in [4.78, 5) is 13.7. The zero-order chi connectivity index (χ0) is 15.2. The molecule has 0 bridgehead atoms. The standard InChI is InChI=1S/C16H14Cl2NO2/c1-2-10-21-16(20)19(13-6-4-3-5-7-13)15-9-8-12(17)11-14(15)18/h3-9,11H,1-2,10H2. The number of para-hydroxylation sites is 1. The van der Waals surface area contributed by atoms with Gasteiger partial charge < -0.3 is 4.74 Å². The molecule has 0 N–H and O–H groups in total. The Kier molecular flexibility index (Phi) is 5.48. The molecule has 2 aromatic carbocycles. The van der Waals surface area contributed by atoms with Gasteiger partial charge in [0.05, 0.1) is 23.0 Å². The molecule has 0 atom stereocenters. The van der Waals surface area contributed by atoms with Gasteiger partial charge in [-0.2, -0.15) is 0 Å². The van der Waals surface area contributed by atoms with E-state index in [1.54, 1.807) is 30.3 Å². The molecule has 1 radical (unpaired) electrons. The van der Waals surface area contributed by atoms with Crippen LogP contribution >= 0.6 is 23.2 Å². The molecule has 2 rings (SSSR count). The Labute approximate surface area is 134 Å². The summed E-state index contributed by atoms with van der Waals surface area (Å²) in [6, 6.07) is 14.1. The monoisotopic (exact) mass is 322 g/mol. The fourth-order valence-electron chi connectivity index (χ4n) is 1.81. The maximum atomic E-state index is 12.3. The third-order valence-electron chi connectivity index (χ3n) is 2.72. The Hall–Kier alpha value is -1.71. The average molecular weight is 323 g/mol. The molecule has 1 amide bonds. The summed E-state index contributed by atoms with van der Waals surface area (Å²) in [6.07, 6.45) is -0.00279. The van der Waals surface area contributed by atoms with Gasteiger partial charge in [0.15, 0.2) is 0 Å². The molecule has 0 aliphatic rings. The van der Waals surface area contributed by atoms with Crippen LogP contribution in [0.2, 0.25) is 10.0 Å². The second-order valence-electron chi connectivity index (χ2n) is 4.23. The molecule has 0 unspecified atom stereocenters. The highest BCUT2D eigenvalue weighted by Gasteiger charge is 2.21. The SMILES string of the molecule is [CH2]CCOC(=O)N(c1ccccc1)c1ccc(Cl)cc1Cl. The number of carbonyl (C=O) groups excluding carboxylic acids is 1. The highest BCUT2D eigenvalue weighted by molar-refractivity contribution is 6.37. The van der Waals surface area contributed by atoms with Crippen molar-refractivity contribution in [1.82, 2.24) is 0 Å². The number of nitrogens with zero attached hydrogens (tertiary/aromatic N) is 1. The predicted octanol–water partition coefficient (Wildman–Crippen LogP) is 5.49. The molecular weight excluding hydrogens is 309 g/mol. The number of hydrogen-bond acceptors (Lipinski definition) is 2. The Morgan fingerprint density at radius 1 is 1.14 bits per heavy atom. The predicted molar refractivity (Wildman–Crippen MR) is 86.4 cm³/mol. The van der Waals surface area contributed by atoms with Crippen molar-refractivity contribution in [2.75, 3.05) is 11.5 Å². The van der Waals surface area contributed by atoms with Gasteiger partial charge in [-0.1, -0.05) is 41.4 Å². The van der Waals surface area contributed by atoms with Gasteiger partial charge in [0.2, 0.25) is 0 Å². The van der Waals surface area contributed by atoms with Crippen LogP contribution in [0.4, 0.5) is 16.2 Å². The van der Waals surface area contributed by atoms with Crippen LogP contribution in [0.5, 0.6) is 0 Å². The van der Waals surface area contributed by atoms with E-state index in [0.29, 0.717) is 27.8 Å². The van der Waals surface area contributed by atoms with Gasteiger partial charge in [0.25, 0.3) is 0 Å². The molecule has 0 aromatic heterocycles. The van der Waals surface area contributed by atoms with E-state index in [-0.39, 0.29) is 6.61 Å². The van der Waals surface area contributed by atoms with Gasteiger partial charge in [-0.15, -0.1) is 0 Å². The molecule has 109 valence electrons. The van der Waals surface area contributed by atoms with E-state index in [0.717, 1.165) is 0 Å². The number of hydrogen-bond donors (Lipinski definition) is 0. The zero-order valence-electron chi connectivity index (χ0n) is 11.3. The molecule has 3 nitrogen and oxygen atoms in total. The summed E-state index contributed by atoms with van der Waals surface area (Å²) < 4.78 is 5.18. The number of ether oxygens (including phenoxy) is 1. The van der Waals surface area contributed by atoms with E-state index in [1.165, 1.54) is 4.90 Å². The van der Waals surface area contributed by atoms with E-state index in [1.807, 2.05) is 18.2 Å². The van der Waals surface area contributed by atoms with Crippen molar-refractivity contribution in [3.63, 3.8) is 0 Å². The van der Waals surface area contributed by atoms with Gasteiger partial charge in [0.1, 0.15) is 0 Å². The molecule has 0 saturated carbocycles. The van der Waals surface area contributed by atoms with E-state index < -0.39 is 6.09 Å². The van der Waals surface area contributed by atoms with Gasteiger partial charge in [-0.3, -0.25) is 0 Å². The summed E-state index contributed by atoms with van der Waals surface area (Å²) in [7, 11) is 0. The van der Waals surface area contributed by atoms with Crippen LogP contribution in [-0.4, -0.2) is 12.7 Å². The minimum atomic E-state index is -0.505. The Balaban J connectivity index is 2.43. The van der Waals surface area contributed by atoms with Crippen molar-refractivity contribution in [2.24, 2.45) is 0 Å². The summed E-state index contributed by atoms with van der Waals surface area (Å²) in [5.41, 5.74) is 1.18. The van der Waals surface area contributed by atoms with E-state index >= 15 is 0 Å². The number of amides is 1. The number of benzene rings is 2. The largest absolute Gasteiger partial charge is 0.449 e. The first-order valence-corrected chi connectivity index (χ1v) is 7.15.